The predicted molar refractivity (Wildman–Crippen MR) is 77.4 cm³/mol. The van der Waals surface area contributed by atoms with Gasteiger partial charge in [-0.25, -0.2) is 4.79 Å². The lowest BCUT2D eigenvalue weighted by atomic mass is 9.96. The minimum Gasteiger partial charge on any atom is -0.479 e. The molecule has 21 heavy (non-hydrogen) atoms. The third-order valence-corrected chi connectivity index (χ3v) is 2.78. The molecule has 0 aromatic heterocycles. The highest BCUT2D eigenvalue weighted by molar-refractivity contribution is 5.89. The fraction of sp³-hybridized carbons (Fsp3) is 0.400. The molecule has 0 spiro atoms. The molecule has 0 bridgehead atoms. The lowest BCUT2D eigenvalue weighted by Crippen LogP contribution is -2.43. The number of benzene rings is 1. The number of nitrogens with one attached hydrogen (secondary N) is 2. The summed E-state index contributed by atoms with van der Waals surface area (Å²) in [6.45, 7) is 4.92. The second-order valence-electron chi connectivity index (χ2n) is 5.68. The van der Waals surface area contributed by atoms with E-state index in [9.17, 15) is 19.5 Å². The van der Waals surface area contributed by atoms with Crippen molar-refractivity contribution in [2.45, 2.75) is 26.8 Å². The number of hydrogen-bond acceptors (Lipinski definition) is 3. The Hall–Kier alpha value is -2.37. The summed E-state index contributed by atoms with van der Waals surface area (Å²) in [6.07, 6.45) is 0. The molecule has 0 unspecified atom stereocenters. The number of hydrogen-bond donors (Lipinski definition) is 3. The van der Waals surface area contributed by atoms with E-state index in [4.69, 9.17) is 0 Å². The van der Waals surface area contributed by atoms with E-state index in [2.05, 4.69) is 10.6 Å². The summed E-state index contributed by atoms with van der Waals surface area (Å²) >= 11 is 0. The maximum atomic E-state index is 11.8. The van der Waals surface area contributed by atoms with Crippen LogP contribution in [-0.4, -0.2) is 29.4 Å². The molecule has 0 fully saturated rings. The number of carbonyl (C=O) groups excluding carboxylic acids is 2. The molecule has 6 nitrogen and oxygen atoms in total. The first-order valence-electron chi connectivity index (χ1n) is 6.57. The summed E-state index contributed by atoms with van der Waals surface area (Å²) in [5, 5.41) is 14.0. The van der Waals surface area contributed by atoms with Gasteiger partial charge in [0.1, 0.15) is 0 Å². The molecule has 0 saturated heterocycles. The standard InChI is InChI=1S/C15H20N2O4/c1-15(2,3)14(21)16-9-11(18)17-12(13(19)20)10-7-5-4-6-8-10/h4-8,12H,9H2,1-3H3,(H,16,21)(H,17,18)(H,19,20)/t12-/m1/s1. The molecule has 1 aromatic rings. The van der Waals surface area contributed by atoms with Crippen molar-refractivity contribution in [3.8, 4) is 0 Å². The van der Waals surface area contributed by atoms with Crippen molar-refractivity contribution in [1.82, 2.24) is 10.6 Å². The van der Waals surface area contributed by atoms with E-state index < -0.39 is 23.3 Å². The van der Waals surface area contributed by atoms with Crippen LogP contribution >= 0.6 is 0 Å². The van der Waals surface area contributed by atoms with Crippen LogP contribution in [0.2, 0.25) is 0 Å². The Balaban J connectivity index is 2.63. The summed E-state index contributed by atoms with van der Waals surface area (Å²) < 4.78 is 0. The molecule has 6 heteroatoms. The van der Waals surface area contributed by atoms with Gasteiger partial charge < -0.3 is 15.7 Å². The van der Waals surface area contributed by atoms with Gasteiger partial charge in [-0.2, -0.15) is 0 Å². The van der Waals surface area contributed by atoms with Gasteiger partial charge in [-0.05, 0) is 5.56 Å². The van der Waals surface area contributed by atoms with E-state index in [-0.39, 0.29) is 12.5 Å². The fourth-order valence-electron chi connectivity index (χ4n) is 1.57. The number of aliphatic carboxylic acids is 1. The highest BCUT2D eigenvalue weighted by Crippen LogP contribution is 2.13. The molecule has 0 aliphatic rings. The van der Waals surface area contributed by atoms with Crippen LogP contribution in [0.4, 0.5) is 0 Å². The van der Waals surface area contributed by atoms with Gasteiger partial charge in [0.05, 0.1) is 6.54 Å². The van der Waals surface area contributed by atoms with Gasteiger partial charge >= 0.3 is 5.97 Å². The van der Waals surface area contributed by atoms with Crippen LogP contribution in [0.15, 0.2) is 30.3 Å². The third-order valence-electron chi connectivity index (χ3n) is 2.78. The van der Waals surface area contributed by atoms with Crippen LogP contribution in [0.25, 0.3) is 0 Å². The van der Waals surface area contributed by atoms with E-state index >= 15 is 0 Å². The second kappa shape index (κ2) is 6.88. The fourth-order valence-corrected chi connectivity index (χ4v) is 1.57. The van der Waals surface area contributed by atoms with Gasteiger partial charge in [0.25, 0.3) is 0 Å². The zero-order valence-corrected chi connectivity index (χ0v) is 12.3. The summed E-state index contributed by atoms with van der Waals surface area (Å²) in [4.78, 5) is 34.7. The molecule has 0 radical (unpaired) electrons. The van der Waals surface area contributed by atoms with E-state index in [1.807, 2.05) is 0 Å². The van der Waals surface area contributed by atoms with E-state index in [0.717, 1.165) is 0 Å². The quantitative estimate of drug-likeness (QED) is 0.757. The smallest absolute Gasteiger partial charge is 0.330 e. The molecule has 1 aromatic carbocycles. The predicted octanol–water partition coefficient (Wildman–Crippen LogP) is 1.09. The van der Waals surface area contributed by atoms with Crippen molar-refractivity contribution in [2.24, 2.45) is 5.41 Å². The Bertz CT molecular complexity index is 520. The van der Waals surface area contributed by atoms with Crippen molar-refractivity contribution < 1.29 is 19.5 Å². The molecule has 1 atom stereocenters. The zero-order valence-electron chi connectivity index (χ0n) is 12.3. The molecular weight excluding hydrogens is 272 g/mol. The number of rotatable bonds is 5. The van der Waals surface area contributed by atoms with E-state index in [0.29, 0.717) is 5.56 Å². The SMILES string of the molecule is CC(C)(C)C(=O)NCC(=O)N[C@@H](C(=O)O)c1ccccc1. The number of amides is 2. The molecule has 2 amide bonds. The first kappa shape index (κ1) is 16.7. The lowest BCUT2D eigenvalue weighted by molar-refractivity contribution is -0.142. The van der Waals surface area contributed by atoms with Crippen LogP contribution in [0.1, 0.15) is 32.4 Å². The minimum absolute atomic E-state index is 0.257. The highest BCUT2D eigenvalue weighted by Gasteiger charge is 2.24. The molecular formula is C15H20N2O4. The van der Waals surface area contributed by atoms with Crippen molar-refractivity contribution in [3.05, 3.63) is 35.9 Å². The molecule has 1 rings (SSSR count). The topological polar surface area (TPSA) is 95.5 Å². The van der Waals surface area contributed by atoms with Crippen molar-refractivity contribution in [3.63, 3.8) is 0 Å². The van der Waals surface area contributed by atoms with Crippen LogP contribution in [0.3, 0.4) is 0 Å². The first-order chi connectivity index (χ1) is 9.71. The molecule has 0 aliphatic carbocycles. The Labute approximate surface area is 123 Å². The Morgan fingerprint density at radius 3 is 2.19 bits per heavy atom. The largest absolute Gasteiger partial charge is 0.479 e. The molecule has 0 aliphatic heterocycles. The number of carbonyl (C=O) groups is 3. The third kappa shape index (κ3) is 5.25. The Kier molecular flexibility index (Phi) is 5.46. The molecule has 114 valence electrons. The zero-order chi connectivity index (χ0) is 16.0. The Morgan fingerprint density at radius 2 is 1.71 bits per heavy atom. The summed E-state index contributed by atoms with van der Waals surface area (Å²) in [6, 6.07) is 7.25. The normalized spacial score (nSPS) is 12.3. The van der Waals surface area contributed by atoms with Crippen molar-refractivity contribution in [2.75, 3.05) is 6.54 Å². The molecule has 0 saturated carbocycles. The summed E-state index contributed by atoms with van der Waals surface area (Å²) in [7, 11) is 0. The average Bonchev–Trinajstić information content (AvgIpc) is 2.41. The van der Waals surface area contributed by atoms with Gasteiger partial charge in [0.15, 0.2) is 6.04 Å². The van der Waals surface area contributed by atoms with Gasteiger partial charge in [0, 0.05) is 5.41 Å². The van der Waals surface area contributed by atoms with Gasteiger partial charge in [0.2, 0.25) is 11.8 Å². The molecule has 3 N–H and O–H groups in total. The second-order valence-corrected chi connectivity index (χ2v) is 5.68. The van der Waals surface area contributed by atoms with Crippen LogP contribution in [0.5, 0.6) is 0 Å². The maximum Gasteiger partial charge on any atom is 0.330 e. The lowest BCUT2D eigenvalue weighted by Gasteiger charge is -2.19. The van der Waals surface area contributed by atoms with Crippen LogP contribution in [-0.2, 0) is 14.4 Å². The van der Waals surface area contributed by atoms with E-state index in [1.54, 1.807) is 51.1 Å². The summed E-state index contributed by atoms with van der Waals surface area (Å²) in [5.74, 6) is -1.98. The first-order valence-corrected chi connectivity index (χ1v) is 6.57. The average molecular weight is 292 g/mol. The number of carboxylic acids is 1. The van der Waals surface area contributed by atoms with Gasteiger partial charge in [-0.1, -0.05) is 51.1 Å². The number of carboxylic acid groups (broad SMARTS) is 1. The maximum absolute atomic E-state index is 11.8. The van der Waals surface area contributed by atoms with Crippen LogP contribution in [0, 0.1) is 5.41 Å². The van der Waals surface area contributed by atoms with Gasteiger partial charge in [-0.3, -0.25) is 9.59 Å². The Morgan fingerprint density at radius 1 is 1.14 bits per heavy atom. The van der Waals surface area contributed by atoms with Gasteiger partial charge in [-0.15, -0.1) is 0 Å². The van der Waals surface area contributed by atoms with Crippen molar-refractivity contribution in [1.29, 1.82) is 0 Å². The molecule has 0 heterocycles. The van der Waals surface area contributed by atoms with Crippen molar-refractivity contribution >= 4 is 17.8 Å². The van der Waals surface area contributed by atoms with Crippen LogP contribution < -0.4 is 10.6 Å². The summed E-state index contributed by atoms with van der Waals surface area (Å²) in [5.41, 5.74) is -0.133. The van der Waals surface area contributed by atoms with E-state index in [1.165, 1.54) is 0 Å². The highest BCUT2D eigenvalue weighted by atomic mass is 16.4. The monoisotopic (exact) mass is 292 g/mol. The minimum atomic E-state index is -1.16.